The fourth-order valence-electron chi connectivity index (χ4n) is 5.58. The largest absolute Gasteiger partial charge is 0.491 e. The molecule has 0 bridgehead atoms. The number of benzene rings is 3. The molecule has 6 rings (SSSR count). The second-order valence-electron chi connectivity index (χ2n) is 9.17. The van der Waals surface area contributed by atoms with Crippen molar-refractivity contribution >= 4 is 17.5 Å². The second kappa shape index (κ2) is 8.05. The van der Waals surface area contributed by atoms with Gasteiger partial charge in [0.25, 0.3) is 0 Å². The van der Waals surface area contributed by atoms with Gasteiger partial charge in [0.15, 0.2) is 11.5 Å². The van der Waals surface area contributed by atoms with E-state index in [0.29, 0.717) is 34.9 Å². The number of carbonyl (C=O) groups is 2. The lowest BCUT2D eigenvalue weighted by molar-refractivity contribution is -0.122. The van der Waals surface area contributed by atoms with Crippen molar-refractivity contribution in [3.05, 3.63) is 71.3 Å². The first kappa shape index (κ1) is 21.5. The number of fused-ring (bicyclic) bond motifs is 5. The van der Waals surface area contributed by atoms with E-state index in [2.05, 4.69) is 6.92 Å². The maximum Gasteiger partial charge on any atom is 0.249 e. The van der Waals surface area contributed by atoms with E-state index in [1.807, 2.05) is 41.3 Å². The van der Waals surface area contributed by atoms with Gasteiger partial charge in [-0.1, -0.05) is 50.1 Å². The number of anilines is 1. The first-order valence-corrected chi connectivity index (χ1v) is 12.0. The molecule has 3 aromatic carbocycles. The van der Waals surface area contributed by atoms with Gasteiger partial charge in [-0.15, -0.1) is 0 Å². The van der Waals surface area contributed by atoms with Crippen LogP contribution in [0.4, 0.5) is 5.69 Å². The van der Waals surface area contributed by atoms with Crippen LogP contribution in [-0.2, 0) is 10.2 Å². The smallest absolute Gasteiger partial charge is 0.249 e. The third-order valence-corrected chi connectivity index (χ3v) is 7.22. The SMILES string of the molecule is CCCCCN1C(=O)C2(COc3cc4c(cc32)OCO4)c2c(-c3ccccc3C(N)=O)cccc21. The molecule has 0 aromatic heterocycles. The number of amides is 2. The zero-order chi connectivity index (χ0) is 24.2. The minimum Gasteiger partial charge on any atom is -0.491 e. The normalized spacial score (nSPS) is 19.1. The topological polar surface area (TPSA) is 91.1 Å². The summed E-state index contributed by atoms with van der Waals surface area (Å²) in [6, 6.07) is 16.8. The number of ether oxygens (including phenoxy) is 3. The second-order valence-corrected chi connectivity index (χ2v) is 9.17. The highest BCUT2D eigenvalue weighted by Crippen LogP contribution is 2.57. The molecule has 3 aliphatic rings. The van der Waals surface area contributed by atoms with Crippen LogP contribution in [0.5, 0.6) is 17.2 Å². The fraction of sp³-hybridized carbons (Fsp3) is 0.286. The Labute approximate surface area is 203 Å². The lowest BCUT2D eigenvalue weighted by Crippen LogP contribution is -2.43. The maximum atomic E-state index is 14.3. The lowest BCUT2D eigenvalue weighted by Gasteiger charge is -2.24. The van der Waals surface area contributed by atoms with Crippen LogP contribution in [-0.4, -0.2) is 31.8 Å². The average molecular weight is 471 g/mol. The zero-order valence-corrected chi connectivity index (χ0v) is 19.5. The van der Waals surface area contributed by atoms with Gasteiger partial charge < -0.3 is 24.8 Å². The van der Waals surface area contributed by atoms with Crippen LogP contribution in [0.3, 0.4) is 0 Å². The molecule has 1 spiro atoms. The molecule has 2 amide bonds. The summed E-state index contributed by atoms with van der Waals surface area (Å²) in [4.78, 5) is 28.5. The molecule has 0 radical (unpaired) electrons. The van der Waals surface area contributed by atoms with Gasteiger partial charge in [0.2, 0.25) is 18.6 Å². The van der Waals surface area contributed by atoms with Crippen molar-refractivity contribution in [3.63, 3.8) is 0 Å². The number of rotatable bonds is 6. The van der Waals surface area contributed by atoms with E-state index in [4.69, 9.17) is 19.9 Å². The molecular formula is C28H26N2O5. The van der Waals surface area contributed by atoms with Crippen molar-refractivity contribution < 1.29 is 23.8 Å². The van der Waals surface area contributed by atoms with Gasteiger partial charge in [0.1, 0.15) is 17.8 Å². The summed E-state index contributed by atoms with van der Waals surface area (Å²) in [5.41, 5.74) is 9.05. The Bertz CT molecular complexity index is 1370. The Hall–Kier alpha value is -4.00. The number of nitrogens with two attached hydrogens (primary N) is 1. The average Bonchev–Trinajstić information content (AvgIpc) is 3.55. The van der Waals surface area contributed by atoms with Crippen LogP contribution in [0.25, 0.3) is 11.1 Å². The van der Waals surface area contributed by atoms with Gasteiger partial charge >= 0.3 is 0 Å². The number of carbonyl (C=O) groups excluding carboxylic acids is 2. The molecule has 178 valence electrons. The summed E-state index contributed by atoms with van der Waals surface area (Å²) >= 11 is 0. The summed E-state index contributed by atoms with van der Waals surface area (Å²) in [6.45, 7) is 3.05. The van der Waals surface area contributed by atoms with Crippen LogP contribution in [0.2, 0.25) is 0 Å². The van der Waals surface area contributed by atoms with Gasteiger partial charge in [-0.05, 0) is 35.7 Å². The quantitative estimate of drug-likeness (QED) is 0.540. The highest BCUT2D eigenvalue weighted by molar-refractivity contribution is 6.14. The first-order valence-electron chi connectivity index (χ1n) is 12.0. The summed E-state index contributed by atoms with van der Waals surface area (Å²) < 4.78 is 17.4. The van der Waals surface area contributed by atoms with Crippen molar-refractivity contribution in [1.82, 2.24) is 0 Å². The van der Waals surface area contributed by atoms with Crippen LogP contribution >= 0.6 is 0 Å². The Morgan fingerprint density at radius 2 is 1.74 bits per heavy atom. The van der Waals surface area contributed by atoms with Gasteiger partial charge in [-0.2, -0.15) is 0 Å². The molecule has 2 N–H and O–H groups in total. The van der Waals surface area contributed by atoms with Crippen molar-refractivity contribution in [1.29, 1.82) is 0 Å². The molecule has 7 nitrogen and oxygen atoms in total. The molecule has 3 aliphatic heterocycles. The predicted octanol–water partition coefficient (Wildman–Crippen LogP) is 4.40. The van der Waals surface area contributed by atoms with E-state index in [-0.39, 0.29) is 19.3 Å². The Morgan fingerprint density at radius 1 is 0.971 bits per heavy atom. The Morgan fingerprint density at radius 3 is 2.54 bits per heavy atom. The molecule has 3 heterocycles. The van der Waals surface area contributed by atoms with E-state index in [1.165, 1.54) is 0 Å². The van der Waals surface area contributed by atoms with Crippen molar-refractivity contribution in [2.45, 2.75) is 31.6 Å². The minimum atomic E-state index is -1.06. The van der Waals surface area contributed by atoms with E-state index in [1.54, 1.807) is 18.2 Å². The first-order chi connectivity index (χ1) is 17.1. The van der Waals surface area contributed by atoms with Crippen LogP contribution in [0, 0.1) is 0 Å². The maximum absolute atomic E-state index is 14.3. The lowest BCUT2D eigenvalue weighted by atomic mass is 9.73. The van der Waals surface area contributed by atoms with Gasteiger partial charge in [0, 0.05) is 35.0 Å². The highest BCUT2D eigenvalue weighted by atomic mass is 16.7. The zero-order valence-electron chi connectivity index (χ0n) is 19.5. The van der Waals surface area contributed by atoms with E-state index in [0.717, 1.165) is 41.6 Å². The highest BCUT2D eigenvalue weighted by Gasteiger charge is 2.58. The monoisotopic (exact) mass is 470 g/mol. The molecule has 0 saturated heterocycles. The van der Waals surface area contributed by atoms with Gasteiger partial charge in [-0.25, -0.2) is 0 Å². The van der Waals surface area contributed by atoms with Crippen molar-refractivity contribution in [2.75, 3.05) is 24.8 Å². The standard InChI is InChI=1S/C28H26N2O5/c1-2-3-6-12-30-21-11-7-10-18(17-8-4-5-9-19(17)26(29)31)25(21)28(27(30)32)15-33-22-14-24-23(13-20(22)28)34-16-35-24/h4-5,7-11,13-14H,2-3,6,12,15-16H2,1H3,(H2,29,31). The number of unbranched alkanes of at least 4 members (excludes halogenated alkanes) is 2. The van der Waals surface area contributed by atoms with E-state index in [9.17, 15) is 9.59 Å². The minimum absolute atomic E-state index is 0.0229. The molecule has 0 aliphatic carbocycles. The van der Waals surface area contributed by atoms with Crippen molar-refractivity contribution in [2.24, 2.45) is 5.73 Å². The summed E-state index contributed by atoms with van der Waals surface area (Å²) in [6.07, 6.45) is 2.98. The van der Waals surface area contributed by atoms with Gasteiger partial charge in [-0.3, -0.25) is 9.59 Å². The van der Waals surface area contributed by atoms with Gasteiger partial charge in [0.05, 0.1) is 0 Å². The number of nitrogens with zero attached hydrogens (tertiary/aromatic N) is 1. The van der Waals surface area contributed by atoms with Crippen LogP contribution < -0.4 is 24.8 Å². The van der Waals surface area contributed by atoms with Crippen LogP contribution in [0.15, 0.2) is 54.6 Å². The molecule has 1 atom stereocenters. The molecule has 35 heavy (non-hydrogen) atoms. The predicted molar refractivity (Wildman–Crippen MR) is 131 cm³/mol. The van der Waals surface area contributed by atoms with Crippen molar-refractivity contribution in [3.8, 4) is 28.4 Å². The van der Waals surface area contributed by atoms with E-state index >= 15 is 0 Å². The Balaban J connectivity index is 1.61. The third-order valence-electron chi connectivity index (χ3n) is 7.22. The van der Waals surface area contributed by atoms with E-state index < -0.39 is 11.3 Å². The molecule has 3 aromatic rings. The summed E-state index contributed by atoms with van der Waals surface area (Å²) in [7, 11) is 0. The molecule has 0 fully saturated rings. The van der Waals surface area contributed by atoms with Crippen LogP contribution in [0.1, 0.15) is 47.7 Å². The fourth-order valence-corrected chi connectivity index (χ4v) is 5.58. The number of primary amides is 1. The third kappa shape index (κ3) is 3.04. The molecule has 1 unspecified atom stereocenters. The molecule has 0 saturated carbocycles. The number of hydrogen-bond donors (Lipinski definition) is 1. The number of hydrogen-bond acceptors (Lipinski definition) is 5. The molecule has 7 heteroatoms. The Kier molecular flexibility index (Phi) is 4.95. The summed E-state index contributed by atoms with van der Waals surface area (Å²) in [5.74, 6) is 1.29. The summed E-state index contributed by atoms with van der Waals surface area (Å²) in [5, 5.41) is 0. The molecular weight excluding hydrogens is 444 g/mol.